The van der Waals surface area contributed by atoms with Gasteiger partial charge in [0.05, 0.1) is 17.3 Å². The van der Waals surface area contributed by atoms with Crippen molar-refractivity contribution in [1.82, 2.24) is 4.98 Å². The predicted molar refractivity (Wildman–Crippen MR) is 74.3 cm³/mol. The molecular weight excluding hydrogens is 248 g/mol. The number of ether oxygens (including phenoxy) is 1. The Labute approximate surface area is 110 Å². The van der Waals surface area contributed by atoms with Gasteiger partial charge in [-0.1, -0.05) is 25.2 Å². The van der Waals surface area contributed by atoms with Gasteiger partial charge in [-0.05, 0) is 24.6 Å². The first-order valence-electron chi connectivity index (χ1n) is 5.89. The van der Waals surface area contributed by atoms with Gasteiger partial charge in [-0.2, -0.15) is 0 Å². The van der Waals surface area contributed by atoms with Crippen LogP contribution in [0.2, 0.25) is 0 Å². The van der Waals surface area contributed by atoms with Gasteiger partial charge < -0.3 is 10.1 Å². The molecule has 18 heavy (non-hydrogen) atoms. The van der Waals surface area contributed by atoms with Crippen LogP contribution in [0.4, 0.5) is 5.13 Å². The molecule has 1 amide bonds. The van der Waals surface area contributed by atoms with Gasteiger partial charge in [0.2, 0.25) is 5.91 Å². The summed E-state index contributed by atoms with van der Waals surface area (Å²) in [5.74, 6) is 0.820. The van der Waals surface area contributed by atoms with Crippen LogP contribution in [0.1, 0.15) is 20.3 Å². The van der Waals surface area contributed by atoms with E-state index < -0.39 is 0 Å². The van der Waals surface area contributed by atoms with Crippen LogP contribution in [0, 0.1) is 5.92 Å². The molecule has 0 fully saturated rings. The van der Waals surface area contributed by atoms with E-state index in [0.717, 1.165) is 22.4 Å². The van der Waals surface area contributed by atoms with Crippen molar-refractivity contribution in [1.29, 1.82) is 0 Å². The van der Waals surface area contributed by atoms with E-state index in [1.807, 2.05) is 32.0 Å². The minimum Gasteiger partial charge on any atom is -0.497 e. The number of hydrogen-bond donors (Lipinski definition) is 1. The van der Waals surface area contributed by atoms with Gasteiger partial charge in [-0.25, -0.2) is 4.98 Å². The van der Waals surface area contributed by atoms with Crippen LogP contribution in [0.3, 0.4) is 0 Å². The number of aromatic nitrogens is 1. The molecule has 2 aromatic rings. The van der Waals surface area contributed by atoms with Crippen LogP contribution in [0.25, 0.3) is 10.2 Å². The van der Waals surface area contributed by atoms with E-state index in [0.29, 0.717) is 5.13 Å². The maximum atomic E-state index is 11.8. The monoisotopic (exact) mass is 264 g/mol. The van der Waals surface area contributed by atoms with Gasteiger partial charge in [0, 0.05) is 5.92 Å². The maximum absolute atomic E-state index is 11.8. The van der Waals surface area contributed by atoms with Crippen LogP contribution in [-0.2, 0) is 4.79 Å². The molecule has 0 saturated heterocycles. The van der Waals surface area contributed by atoms with Crippen molar-refractivity contribution in [2.45, 2.75) is 20.3 Å². The van der Waals surface area contributed by atoms with Crippen LogP contribution in [0.15, 0.2) is 18.2 Å². The molecule has 5 heteroatoms. The average Bonchev–Trinajstić information content (AvgIpc) is 2.78. The van der Waals surface area contributed by atoms with E-state index in [1.54, 1.807) is 7.11 Å². The Morgan fingerprint density at radius 1 is 1.56 bits per heavy atom. The topological polar surface area (TPSA) is 51.2 Å². The number of amides is 1. The summed E-state index contributed by atoms with van der Waals surface area (Å²) in [5.41, 5.74) is 0.875. The first kappa shape index (κ1) is 12.8. The van der Waals surface area contributed by atoms with E-state index >= 15 is 0 Å². The third-order valence-corrected chi connectivity index (χ3v) is 3.82. The van der Waals surface area contributed by atoms with Crippen molar-refractivity contribution < 1.29 is 9.53 Å². The Balaban J connectivity index is 2.22. The van der Waals surface area contributed by atoms with E-state index in [2.05, 4.69) is 10.3 Å². The molecule has 0 unspecified atom stereocenters. The first-order valence-corrected chi connectivity index (χ1v) is 6.71. The molecular formula is C13H16N2O2S. The zero-order chi connectivity index (χ0) is 13.1. The minimum absolute atomic E-state index is 0.00606. The summed E-state index contributed by atoms with van der Waals surface area (Å²) in [6, 6.07) is 5.68. The lowest BCUT2D eigenvalue weighted by atomic mass is 10.1. The number of nitrogens with one attached hydrogen (secondary N) is 1. The van der Waals surface area contributed by atoms with Crippen LogP contribution in [0.5, 0.6) is 5.75 Å². The SMILES string of the molecule is CC[C@H](C)C(=O)Nc1nc2ccc(OC)cc2s1. The van der Waals surface area contributed by atoms with Crippen molar-refractivity contribution >= 4 is 32.6 Å². The first-order chi connectivity index (χ1) is 8.63. The molecule has 1 atom stereocenters. The van der Waals surface area contributed by atoms with Crippen molar-refractivity contribution in [3.63, 3.8) is 0 Å². The second kappa shape index (κ2) is 5.35. The molecule has 4 nitrogen and oxygen atoms in total. The molecule has 1 N–H and O–H groups in total. The standard InChI is InChI=1S/C13H16N2O2S/c1-4-8(2)12(16)15-13-14-10-6-5-9(17-3)7-11(10)18-13/h5-8H,4H2,1-3H3,(H,14,15,16)/t8-/m0/s1. The summed E-state index contributed by atoms with van der Waals surface area (Å²) in [7, 11) is 1.63. The van der Waals surface area contributed by atoms with Crippen molar-refractivity contribution in [2.75, 3.05) is 12.4 Å². The Morgan fingerprint density at radius 2 is 2.33 bits per heavy atom. The number of carbonyl (C=O) groups excluding carboxylic acids is 1. The number of nitrogens with zero attached hydrogens (tertiary/aromatic N) is 1. The molecule has 0 spiro atoms. The number of rotatable bonds is 4. The number of methoxy groups -OCH3 is 1. The molecule has 0 aliphatic heterocycles. The quantitative estimate of drug-likeness (QED) is 0.922. The van der Waals surface area contributed by atoms with Crippen LogP contribution in [-0.4, -0.2) is 18.0 Å². The summed E-state index contributed by atoms with van der Waals surface area (Å²) < 4.78 is 6.17. The molecule has 0 bridgehead atoms. The second-order valence-corrected chi connectivity index (χ2v) is 5.18. The Kier molecular flexibility index (Phi) is 3.81. The van der Waals surface area contributed by atoms with Gasteiger partial charge in [-0.15, -0.1) is 0 Å². The third kappa shape index (κ3) is 2.61. The number of anilines is 1. The fourth-order valence-corrected chi connectivity index (χ4v) is 2.40. The summed E-state index contributed by atoms with van der Waals surface area (Å²) in [6.45, 7) is 3.90. The van der Waals surface area contributed by atoms with Crippen LogP contribution >= 0.6 is 11.3 Å². The smallest absolute Gasteiger partial charge is 0.228 e. The lowest BCUT2D eigenvalue weighted by Crippen LogP contribution is -2.19. The lowest BCUT2D eigenvalue weighted by molar-refractivity contribution is -0.119. The minimum atomic E-state index is 0.00606. The van der Waals surface area contributed by atoms with E-state index in [4.69, 9.17) is 4.74 Å². The number of hydrogen-bond acceptors (Lipinski definition) is 4. The molecule has 0 saturated carbocycles. The van der Waals surface area contributed by atoms with Gasteiger partial charge in [0.25, 0.3) is 0 Å². The van der Waals surface area contributed by atoms with Crippen molar-refractivity contribution in [3.05, 3.63) is 18.2 Å². The van der Waals surface area contributed by atoms with Crippen molar-refractivity contribution in [3.8, 4) is 5.75 Å². The zero-order valence-electron chi connectivity index (χ0n) is 10.7. The molecule has 0 aliphatic carbocycles. The zero-order valence-corrected chi connectivity index (χ0v) is 11.5. The predicted octanol–water partition coefficient (Wildman–Crippen LogP) is 3.29. The van der Waals surface area contributed by atoms with Gasteiger partial charge in [0.1, 0.15) is 5.75 Å². The third-order valence-electron chi connectivity index (χ3n) is 2.89. The van der Waals surface area contributed by atoms with E-state index in [1.165, 1.54) is 11.3 Å². The highest BCUT2D eigenvalue weighted by Gasteiger charge is 2.13. The number of thiazole rings is 1. The Bertz CT molecular complexity index is 565. The number of carbonyl (C=O) groups is 1. The van der Waals surface area contributed by atoms with Crippen LogP contribution < -0.4 is 10.1 Å². The van der Waals surface area contributed by atoms with E-state index in [-0.39, 0.29) is 11.8 Å². The van der Waals surface area contributed by atoms with Gasteiger partial charge >= 0.3 is 0 Å². The molecule has 0 radical (unpaired) electrons. The summed E-state index contributed by atoms with van der Waals surface area (Å²) >= 11 is 1.46. The highest BCUT2D eigenvalue weighted by atomic mass is 32.1. The Hall–Kier alpha value is -1.62. The summed E-state index contributed by atoms with van der Waals surface area (Å²) in [5, 5.41) is 3.49. The number of benzene rings is 1. The highest BCUT2D eigenvalue weighted by molar-refractivity contribution is 7.22. The fourth-order valence-electron chi connectivity index (χ4n) is 1.50. The molecule has 1 aromatic carbocycles. The molecule has 1 aromatic heterocycles. The Morgan fingerprint density at radius 3 is 3.00 bits per heavy atom. The second-order valence-electron chi connectivity index (χ2n) is 4.15. The summed E-state index contributed by atoms with van der Waals surface area (Å²) in [4.78, 5) is 16.2. The molecule has 0 aliphatic rings. The fraction of sp³-hybridized carbons (Fsp3) is 0.385. The molecule has 96 valence electrons. The van der Waals surface area contributed by atoms with Crippen molar-refractivity contribution in [2.24, 2.45) is 5.92 Å². The largest absolute Gasteiger partial charge is 0.497 e. The number of fused-ring (bicyclic) bond motifs is 1. The molecule has 2 rings (SSSR count). The highest BCUT2D eigenvalue weighted by Crippen LogP contribution is 2.29. The normalized spacial score (nSPS) is 12.4. The maximum Gasteiger partial charge on any atom is 0.228 e. The average molecular weight is 264 g/mol. The van der Waals surface area contributed by atoms with Gasteiger partial charge in [0.15, 0.2) is 5.13 Å². The summed E-state index contributed by atoms with van der Waals surface area (Å²) in [6.07, 6.45) is 0.824. The van der Waals surface area contributed by atoms with Gasteiger partial charge in [-0.3, -0.25) is 4.79 Å². The van der Waals surface area contributed by atoms with E-state index in [9.17, 15) is 4.79 Å². The molecule has 1 heterocycles. The lowest BCUT2D eigenvalue weighted by Gasteiger charge is -2.06.